The van der Waals surface area contributed by atoms with Crippen molar-refractivity contribution in [3.05, 3.63) is 30.1 Å². The normalized spacial score (nSPS) is 22.6. The topological polar surface area (TPSA) is 53.5 Å². The molecule has 5 heteroatoms. The molecule has 1 aromatic heterocycles. The predicted octanol–water partition coefficient (Wildman–Crippen LogP) is 2.87. The smallest absolute Gasteiger partial charge is 0.255 e. The summed E-state index contributed by atoms with van der Waals surface area (Å²) in [7, 11) is 0. The maximum absolute atomic E-state index is 12.9. The number of carbonyl (C=O) groups excluding carboxylic acids is 2. The van der Waals surface area contributed by atoms with Crippen LogP contribution in [-0.4, -0.2) is 51.3 Å². The maximum Gasteiger partial charge on any atom is 0.255 e. The Morgan fingerprint density at radius 2 is 2.08 bits per heavy atom. The molecule has 2 heterocycles. The number of hydrogen-bond acceptors (Lipinski definition) is 3. The molecule has 2 amide bonds. The lowest BCUT2D eigenvalue weighted by Crippen LogP contribution is -2.47. The number of aromatic nitrogens is 1. The fourth-order valence-electron chi connectivity index (χ4n) is 4.60. The van der Waals surface area contributed by atoms with Crippen molar-refractivity contribution in [1.82, 2.24) is 14.8 Å². The second-order valence-electron chi connectivity index (χ2n) is 7.11. The molecule has 1 saturated heterocycles. The fourth-order valence-corrected chi connectivity index (χ4v) is 4.60. The predicted molar refractivity (Wildman–Crippen MR) is 92.6 cm³/mol. The van der Waals surface area contributed by atoms with E-state index in [1.165, 1.54) is 19.3 Å². The summed E-state index contributed by atoms with van der Waals surface area (Å²) in [6.45, 7) is 4.99. The lowest BCUT2D eigenvalue weighted by molar-refractivity contribution is -0.134. The van der Waals surface area contributed by atoms with E-state index in [0.29, 0.717) is 18.7 Å². The molecule has 0 unspecified atom stereocenters. The van der Waals surface area contributed by atoms with Gasteiger partial charge in [0.15, 0.2) is 0 Å². The Kier molecular flexibility index (Phi) is 4.88. The van der Waals surface area contributed by atoms with Gasteiger partial charge in [0.25, 0.3) is 5.91 Å². The average molecular weight is 329 g/mol. The van der Waals surface area contributed by atoms with E-state index in [2.05, 4.69) is 9.88 Å². The van der Waals surface area contributed by atoms with Crippen LogP contribution in [-0.2, 0) is 4.79 Å². The Hall–Kier alpha value is -1.91. The zero-order valence-electron chi connectivity index (χ0n) is 14.7. The van der Waals surface area contributed by atoms with Gasteiger partial charge >= 0.3 is 0 Å². The van der Waals surface area contributed by atoms with Crippen LogP contribution < -0.4 is 0 Å². The van der Waals surface area contributed by atoms with E-state index in [9.17, 15) is 9.59 Å². The summed E-state index contributed by atoms with van der Waals surface area (Å²) in [6.07, 6.45) is 9.97. The van der Waals surface area contributed by atoms with Crippen LogP contribution in [0.25, 0.3) is 0 Å². The number of rotatable bonds is 3. The molecule has 24 heavy (non-hydrogen) atoms. The van der Waals surface area contributed by atoms with Crippen LogP contribution in [0.15, 0.2) is 24.5 Å². The van der Waals surface area contributed by atoms with Gasteiger partial charge in [0.05, 0.1) is 11.6 Å². The molecule has 1 saturated carbocycles. The molecule has 5 nitrogen and oxygen atoms in total. The van der Waals surface area contributed by atoms with Crippen molar-refractivity contribution in [2.75, 3.05) is 13.1 Å². The van der Waals surface area contributed by atoms with Crippen molar-refractivity contribution >= 4 is 11.8 Å². The van der Waals surface area contributed by atoms with E-state index in [1.54, 1.807) is 25.4 Å². The number of carbonyl (C=O) groups is 2. The minimum atomic E-state index is -0.0304. The molecule has 1 atom stereocenters. The molecule has 0 radical (unpaired) electrons. The number of nitrogens with zero attached hydrogens (tertiary/aromatic N) is 3. The molecule has 1 aliphatic heterocycles. The first-order chi connectivity index (χ1) is 11.6. The summed E-state index contributed by atoms with van der Waals surface area (Å²) in [6, 6.07) is 3.71. The van der Waals surface area contributed by atoms with Crippen LogP contribution in [0, 0.1) is 0 Å². The van der Waals surface area contributed by atoms with Crippen molar-refractivity contribution < 1.29 is 9.59 Å². The van der Waals surface area contributed by atoms with Gasteiger partial charge in [-0.25, -0.2) is 0 Å². The standard InChI is InChI=1S/C19H27N3O2/c1-3-21(18(24)16-8-7-11-20-13-16)17-12-19(9-5-4-6-10-19)22(14-17)15(2)23/h7-8,11,13,17H,3-6,9-10,12,14H2,1-2H3/t17-/m0/s1. The van der Waals surface area contributed by atoms with Crippen molar-refractivity contribution in [3.8, 4) is 0 Å². The van der Waals surface area contributed by atoms with Gasteiger partial charge in [0.1, 0.15) is 0 Å². The van der Waals surface area contributed by atoms with E-state index in [-0.39, 0.29) is 23.4 Å². The van der Waals surface area contributed by atoms with Crippen molar-refractivity contribution in [3.63, 3.8) is 0 Å². The molecule has 1 aliphatic carbocycles. The van der Waals surface area contributed by atoms with Gasteiger partial charge in [-0.05, 0) is 38.3 Å². The molecule has 2 fully saturated rings. The van der Waals surface area contributed by atoms with Crippen LogP contribution in [0.1, 0.15) is 62.7 Å². The largest absolute Gasteiger partial charge is 0.335 e. The van der Waals surface area contributed by atoms with Crippen molar-refractivity contribution in [2.24, 2.45) is 0 Å². The summed E-state index contributed by atoms with van der Waals surface area (Å²) in [5.74, 6) is 0.163. The van der Waals surface area contributed by atoms with Crippen LogP contribution in [0.3, 0.4) is 0 Å². The van der Waals surface area contributed by atoms with Gasteiger partial charge in [-0.2, -0.15) is 0 Å². The molecule has 0 bridgehead atoms. The molecule has 3 rings (SSSR count). The first kappa shape index (κ1) is 16.9. The number of amides is 2. The summed E-state index contributed by atoms with van der Waals surface area (Å²) < 4.78 is 0. The van der Waals surface area contributed by atoms with E-state index in [4.69, 9.17) is 0 Å². The van der Waals surface area contributed by atoms with Gasteiger partial charge in [0, 0.05) is 37.9 Å². The molecule has 0 N–H and O–H groups in total. The van der Waals surface area contributed by atoms with Crippen LogP contribution in [0.4, 0.5) is 0 Å². The first-order valence-electron chi connectivity index (χ1n) is 9.06. The van der Waals surface area contributed by atoms with Crippen LogP contribution >= 0.6 is 0 Å². The Balaban J connectivity index is 1.83. The molecule has 1 aromatic rings. The quantitative estimate of drug-likeness (QED) is 0.857. The lowest BCUT2D eigenvalue weighted by atomic mass is 9.79. The molecule has 1 spiro atoms. The Morgan fingerprint density at radius 3 is 2.67 bits per heavy atom. The van der Waals surface area contributed by atoms with E-state index < -0.39 is 0 Å². The third kappa shape index (κ3) is 3.04. The highest BCUT2D eigenvalue weighted by Crippen LogP contribution is 2.43. The summed E-state index contributed by atoms with van der Waals surface area (Å²) in [5, 5.41) is 0. The summed E-state index contributed by atoms with van der Waals surface area (Å²) in [4.78, 5) is 33.2. The minimum absolute atomic E-state index is 0.0203. The molecular weight excluding hydrogens is 302 g/mol. The van der Waals surface area contributed by atoms with Crippen molar-refractivity contribution in [1.29, 1.82) is 0 Å². The molecule has 130 valence electrons. The van der Waals surface area contributed by atoms with Gasteiger partial charge in [0.2, 0.25) is 5.91 Å². The highest BCUT2D eigenvalue weighted by atomic mass is 16.2. The summed E-state index contributed by atoms with van der Waals surface area (Å²) >= 11 is 0. The monoisotopic (exact) mass is 329 g/mol. The number of likely N-dealkylation sites (tertiary alicyclic amines) is 1. The van der Waals surface area contributed by atoms with Gasteiger partial charge in [-0.1, -0.05) is 19.3 Å². The SMILES string of the molecule is CCN(C(=O)c1cccnc1)[C@@H]1CN(C(C)=O)C2(CCCCC2)C1. The number of pyridine rings is 1. The number of hydrogen-bond donors (Lipinski definition) is 0. The van der Waals surface area contributed by atoms with E-state index in [1.807, 2.05) is 17.9 Å². The lowest BCUT2D eigenvalue weighted by Gasteiger charge is -2.41. The average Bonchev–Trinajstić information content (AvgIpc) is 2.95. The maximum atomic E-state index is 12.9. The zero-order chi connectivity index (χ0) is 17.2. The molecule has 0 aromatic carbocycles. The first-order valence-corrected chi connectivity index (χ1v) is 9.06. The highest BCUT2D eigenvalue weighted by Gasteiger charge is 2.49. The third-order valence-corrected chi connectivity index (χ3v) is 5.70. The Labute approximate surface area is 144 Å². The van der Waals surface area contributed by atoms with E-state index in [0.717, 1.165) is 19.3 Å². The fraction of sp³-hybridized carbons (Fsp3) is 0.632. The third-order valence-electron chi connectivity index (χ3n) is 5.70. The minimum Gasteiger partial charge on any atom is -0.335 e. The second kappa shape index (κ2) is 6.91. The Morgan fingerprint density at radius 1 is 1.33 bits per heavy atom. The van der Waals surface area contributed by atoms with Gasteiger partial charge < -0.3 is 9.80 Å². The van der Waals surface area contributed by atoms with Crippen LogP contribution in [0.5, 0.6) is 0 Å². The van der Waals surface area contributed by atoms with Gasteiger partial charge in [-0.3, -0.25) is 14.6 Å². The summed E-state index contributed by atoms with van der Waals surface area (Å²) in [5.41, 5.74) is 0.593. The van der Waals surface area contributed by atoms with Crippen molar-refractivity contribution in [2.45, 2.75) is 64.0 Å². The van der Waals surface area contributed by atoms with E-state index >= 15 is 0 Å². The molecule has 2 aliphatic rings. The number of likely N-dealkylation sites (N-methyl/N-ethyl adjacent to an activating group) is 1. The molecular formula is C19H27N3O2. The second-order valence-corrected chi connectivity index (χ2v) is 7.11. The highest BCUT2D eigenvalue weighted by molar-refractivity contribution is 5.94. The van der Waals surface area contributed by atoms with Crippen LogP contribution in [0.2, 0.25) is 0 Å². The zero-order valence-corrected chi connectivity index (χ0v) is 14.7. The Bertz CT molecular complexity index is 596. The van der Waals surface area contributed by atoms with Gasteiger partial charge in [-0.15, -0.1) is 0 Å².